The minimum atomic E-state index is -0.262. The van der Waals surface area contributed by atoms with E-state index in [1.807, 2.05) is 41.3 Å². The lowest BCUT2D eigenvalue weighted by atomic mass is 9.50. The highest BCUT2D eigenvalue weighted by Gasteiger charge is 2.57. The van der Waals surface area contributed by atoms with Crippen LogP contribution < -0.4 is 5.32 Å². The predicted molar refractivity (Wildman–Crippen MR) is 125 cm³/mol. The van der Waals surface area contributed by atoms with Gasteiger partial charge in [-0.05, 0) is 67.9 Å². The largest absolute Gasteiger partial charge is 0.356 e. The molecule has 32 heavy (non-hydrogen) atoms. The van der Waals surface area contributed by atoms with Crippen LogP contribution in [0, 0.1) is 5.92 Å². The number of carbonyl (C=O) groups is 2. The van der Waals surface area contributed by atoms with Gasteiger partial charge in [0.15, 0.2) is 0 Å². The van der Waals surface area contributed by atoms with Crippen LogP contribution in [0.15, 0.2) is 48.5 Å². The number of hydrogen-bond acceptors (Lipinski definition) is 2. The van der Waals surface area contributed by atoms with Gasteiger partial charge in [0, 0.05) is 33.7 Å². The van der Waals surface area contributed by atoms with Crippen LogP contribution >= 0.6 is 11.6 Å². The number of benzene rings is 2. The van der Waals surface area contributed by atoms with Crippen molar-refractivity contribution in [2.24, 2.45) is 5.92 Å². The molecule has 0 saturated heterocycles. The number of H-pyrrole nitrogens is 1. The summed E-state index contributed by atoms with van der Waals surface area (Å²) in [7, 11) is 0. The summed E-state index contributed by atoms with van der Waals surface area (Å²) < 4.78 is 0. The van der Waals surface area contributed by atoms with Crippen molar-refractivity contribution in [2.45, 2.75) is 50.2 Å². The molecule has 2 N–H and O–H groups in total. The highest BCUT2D eigenvalue weighted by atomic mass is 35.5. The van der Waals surface area contributed by atoms with Crippen LogP contribution in [-0.2, 0) is 11.2 Å². The topological polar surface area (TPSA) is 65.2 Å². The Morgan fingerprint density at radius 3 is 2.50 bits per heavy atom. The summed E-state index contributed by atoms with van der Waals surface area (Å²) >= 11 is 6.01. The molecule has 4 aliphatic rings. The first-order valence-corrected chi connectivity index (χ1v) is 11.9. The molecule has 3 aromatic rings. The second kappa shape index (κ2) is 7.11. The molecule has 3 saturated carbocycles. The molecule has 7 rings (SSSR count). The molecule has 3 fully saturated rings. The van der Waals surface area contributed by atoms with E-state index >= 15 is 0 Å². The number of aromatic nitrogens is 1. The van der Waals surface area contributed by atoms with E-state index in [9.17, 15) is 9.59 Å². The number of nitrogens with zero attached hydrogens (tertiary/aromatic N) is 1. The lowest BCUT2D eigenvalue weighted by molar-refractivity contribution is -0.133. The van der Waals surface area contributed by atoms with Crippen LogP contribution in [0.1, 0.15) is 59.4 Å². The number of fused-ring (bicyclic) bond motifs is 3. The number of alkyl halides is 1. The average molecular weight is 448 g/mol. The van der Waals surface area contributed by atoms with Gasteiger partial charge in [-0.3, -0.25) is 9.59 Å². The number of rotatable bonds is 4. The zero-order valence-corrected chi connectivity index (χ0v) is 18.8. The van der Waals surface area contributed by atoms with Crippen molar-refractivity contribution in [1.29, 1.82) is 0 Å². The second-order valence-electron chi connectivity index (χ2n) is 9.79. The first-order valence-electron chi connectivity index (χ1n) is 11.4. The van der Waals surface area contributed by atoms with Crippen LogP contribution in [0.5, 0.6) is 0 Å². The number of hydrogen-bond donors (Lipinski definition) is 2. The molecular formula is C26H26ClN3O2. The number of amides is 2. The summed E-state index contributed by atoms with van der Waals surface area (Å²) in [4.78, 5) is 31.1. The first kappa shape index (κ1) is 19.9. The Bertz CT molecular complexity index is 1210. The number of para-hydroxylation sites is 1. The van der Waals surface area contributed by atoms with Crippen molar-refractivity contribution in [3.8, 4) is 0 Å². The molecule has 6 heteroatoms. The van der Waals surface area contributed by atoms with Crippen LogP contribution in [0.2, 0.25) is 0 Å². The summed E-state index contributed by atoms with van der Waals surface area (Å²) in [5.74, 6) is 0.674. The fourth-order valence-corrected chi connectivity index (χ4v) is 6.15. The Kier molecular flexibility index (Phi) is 4.41. The van der Waals surface area contributed by atoms with Crippen molar-refractivity contribution in [3.05, 3.63) is 70.9 Å². The monoisotopic (exact) mass is 447 g/mol. The van der Waals surface area contributed by atoms with Crippen molar-refractivity contribution >= 4 is 34.3 Å². The smallest absolute Gasteiger partial charge is 0.251 e. The maximum Gasteiger partial charge on any atom is 0.251 e. The van der Waals surface area contributed by atoms with E-state index in [1.54, 1.807) is 0 Å². The van der Waals surface area contributed by atoms with E-state index in [4.69, 9.17) is 11.6 Å². The number of halogens is 1. The summed E-state index contributed by atoms with van der Waals surface area (Å²) in [5.41, 5.74) is 5.06. The van der Waals surface area contributed by atoms with E-state index in [0.717, 1.165) is 48.4 Å². The predicted octanol–water partition coefficient (Wildman–Crippen LogP) is 4.55. The van der Waals surface area contributed by atoms with Crippen molar-refractivity contribution in [2.75, 3.05) is 5.88 Å². The Morgan fingerprint density at radius 1 is 1.12 bits per heavy atom. The lowest BCUT2D eigenvalue weighted by Crippen LogP contribution is -2.68. The molecule has 1 aromatic heterocycles. The van der Waals surface area contributed by atoms with Crippen molar-refractivity contribution in [1.82, 2.24) is 15.2 Å². The summed E-state index contributed by atoms with van der Waals surface area (Å²) in [6, 6.07) is 15.7. The Morgan fingerprint density at radius 2 is 1.84 bits per heavy atom. The van der Waals surface area contributed by atoms with Crippen LogP contribution in [0.25, 0.3) is 10.9 Å². The molecule has 2 heterocycles. The van der Waals surface area contributed by atoms with Gasteiger partial charge in [-0.15, -0.1) is 11.6 Å². The van der Waals surface area contributed by atoms with E-state index < -0.39 is 0 Å². The summed E-state index contributed by atoms with van der Waals surface area (Å²) in [6.07, 6.45) is 4.14. The maximum atomic E-state index is 12.9. The minimum Gasteiger partial charge on any atom is -0.356 e. The zero-order valence-electron chi connectivity index (χ0n) is 18.0. The molecule has 2 aromatic carbocycles. The van der Waals surface area contributed by atoms with Gasteiger partial charge in [-0.1, -0.05) is 30.3 Å². The van der Waals surface area contributed by atoms with Gasteiger partial charge >= 0.3 is 0 Å². The van der Waals surface area contributed by atoms with Gasteiger partial charge in [0.1, 0.15) is 5.88 Å². The van der Waals surface area contributed by atoms with Gasteiger partial charge < -0.3 is 15.2 Å². The Hall–Kier alpha value is -2.79. The highest BCUT2D eigenvalue weighted by molar-refractivity contribution is 6.27. The molecule has 2 amide bonds. The van der Waals surface area contributed by atoms with E-state index in [-0.39, 0.29) is 35.3 Å². The van der Waals surface area contributed by atoms with Crippen LogP contribution in [0.3, 0.4) is 0 Å². The molecule has 1 aliphatic heterocycles. The number of nitrogens with one attached hydrogen (secondary N) is 2. The van der Waals surface area contributed by atoms with Gasteiger partial charge in [0.25, 0.3) is 5.91 Å². The van der Waals surface area contributed by atoms with Crippen LogP contribution in [0.4, 0.5) is 0 Å². The summed E-state index contributed by atoms with van der Waals surface area (Å²) in [6.45, 7) is 2.08. The lowest BCUT2D eigenvalue weighted by Gasteiger charge is -2.61. The molecule has 0 spiro atoms. The maximum absolute atomic E-state index is 12.9. The second-order valence-corrected chi connectivity index (χ2v) is 10.1. The van der Waals surface area contributed by atoms with Gasteiger partial charge in [-0.2, -0.15) is 0 Å². The van der Waals surface area contributed by atoms with Gasteiger partial charge in [-0.25, -0.2) is 0 Å². The Balaban J connectivity index is 1.37. The van der Waals surface area contributed by atoms with E-state index in [0.29, 0.717) is 5.56 Å². The van der Waals surface area contributed by atoms with Crippen molar-refractivity contribution in [3.63, 3.8) is 0 Å². The third-order valence-corrected chi connectivity index (χ3v) is 7.91. The molecule has 2 bridgehead atoms. The molecule has 0 unspecified atom stereocenters. The highest BCUT2D eigenvalue weighted by Crippen LogP contribution is 2.57. The third kappa shape index (κ3) is 2.91. The SMILES string of the molecule is C[C@H]1Cc2c([nH]c3ccccc23)[C@@H](c2ccc(C(=O)NC34CC(C3)C4)cc2)N1C(=O)CCl. The number of carbonyl (C=O) groups excluding carboxylic acids is 2. The average Bonchev–Trinajstić information content (AvgIpc) is 3.12. The third-order valence-electron chi connectivity index (χ3n) is 7.68. The Labute approximate surface area is 192 Å². The van der Waals surface area contributed by atoms with E-state index in [1.165, 1.54) is 10.9 Å². The van der Waals surface area contributed by atoms with Crippen LogP contribution in [-0.4, -0.2) is 39.2 Å². The molecule has 5 nitrogen and oxygen atoms in total. The van der Waals surface area contributed by atoms with E-state index in [2.05, 4.69) is 29.4 Å². The fourth-order valence-electron chi connectivity index (χ4n) is 6.01. The van der Waals surface area contributed by atoms with Gasteiger partial charge in [0.05, 0.1) is 6.04 Å². The molecular weight excluding hydrogens is 422 g/mol. The normalized spacial score (nSPS) is 27.9. The first-order chi connectivity index (χ1) is 15.5. The standard InChI is InChI=1S/C26H26ClN3O2/c1-15-10-20-19-4-2-3-5-21(19)28-23(20)24(30(15)22(31)14-27)17-6-8-18(9-7-17)25(32)29-26-11-16(12-26)13-26/h2-9,15-16,24,28H,10-14H2,1H3,(H,29,32)/t15-,16?,24+,26?/m0/s1. The molecule has 0 radical (unpaired) electrons. The molecule has 2 atom stereocenters. The van der Waals surface area contributed by atoms with Crippen molar-refractivity contribution < 1.29 is 9.59 Å². The van der Waals surface area contributed by atoms with Gasteiger partial charge in [0.2, 0.25) is 5.91 Å². The molecule has 3 aliphatic carbocycles. The summed E-state index contributed by atoms with van der Waals surface area (Å²) in [5, 5.41) is 4.42. The zero-order chi connectivity index (χ0) is 22.0. The molecule has 164 valence electrons. The minimum absolute atomic E-state index is 0.00768. The fraction of sp³-hybridized carbons (Fsp3) is 0.385. The number of aromatic amines is 1. The quantitative estimate of drug-likeness (QED) is 0.576.